The zero-order chi connectivity index (χ0) is 39.6. The van der Waals surface area contributed by atoms with Crippen molar-refractivity contribution in [3.8, 4) is 33.4 Å². The summed E-state index contributed by atoms with van der Waals surface area (Å²) in [5, 5.41) is 12.5. The molecule has 12 aromatic rings. The van der Waals surface area contributed by atoms with E-state index in [1.165, 1.54) is 96.6 Å². The van der Waals surface area contributed by atoms with E-state index in [0.717, 1.165) is 17.1 Å². The van der Waals surface area contributed by atoms with Crippen LogP contribution >= 0.6 is 11.3 Å². The van der Waals surface area contributed by atoms with Crippen LogP contribution in [0.1, 0.15) is 0 Å². The van der Waals surface area contributed by atoms with Crippen LogP contribution in [0.4, 0.5) is 17.1 Å². The monoisotopic (exact) mass is 779 g/mol. The Kier molecular flexibility index (Phi) is 8.11. The summed E-state index contributed by atoms with van der Waals surface area (Å²) < 4.78 is 2.63. The molecule has 0 radical (unpaired) electrons. The summed E-state index contributed by atoms with van der Waals surface area (Å²) in [6.45, 7) is 0. The number of nitrogens with zero attached hydrogens (tertiary/aromatic N) is 1. The fourth-order valence-corrected chi connectivity index (χ4v) is 10.8. The lowest BCUT2D eigenvalue weighted by Crippen LogP contribution is -2.11. The minimum absolute atomic E-state index is 1.10. The van der Waals surface area contributed by atoms with Crippen molar-refractivity contribution in [3.63, 3.8) is 0 Å². The highest BCUT2D eigenvalue weighted by atomic mass is 32.1. The van der Waals surface area contributed by atoms with Gasteiger partial charge in [-0.25, -0.2) is 0 Å². The van der Waals surface area contributed by atoms with E-state index in [1.54, 1.807) is 0 Å². The first-order valence-electron chi connectivity index (χ1n) is 20.6. The first-order valence-corrected chi connectivity index (χ1v) is 21.4. The molecule has 12 rings (SSSR count). The van der Waals surface area contributed by atoms with E-state index in [1.807, 2.05) is 11.3 Å². The number of hydrogen-bond donors (Lipinski definition) is 0. The first kappa shape index (κ1) is 34.5. The molecule has 60 heavy (non-hydrogen) atoms. The molecule has 0 amide bonds. The van der Waals surface area contributed by atoms with E-state index in [9.17, 15) is 0 Å². The molecule has 0 atom stereocenters. The van der Waals surface area contributed by atoms with Crippen molar-refractivity contribution in [1.82, 2.24) is 0 Å². The molecule has 0 N–H and O–H groups in total. The van der Waals surface area contributed by atoms with Crippen molar-refractivity contribution in [2.45, 2.75) is 0 Å². The van der Waals surface area contributed by atoms with Crippen molar-refractivity contribution in [2.24, 2.45) is 0 Å². The quantitative estimate of drug-likeness (QED) is 0.152. The van der Waals surface area contributed by atoms with Gasteiger partial charge in [-0.1, -0.05) is 188 Å². The molecule has 1 aromatic heterocycles. The van der Waals surface area contributed by atoms with E-state index >= 15 is 0 Å². The molecule has 1 heterocycles. The maximum absolute atomic E-state index is 2.49. The normalized spacial score (nSPS) is 11.7. The number of anilines is 3. The Morgan fingerprint density at radius 3 is 1.60 bits per heavy atom. The molecule has 2 heteroatoms. The number of benzene rings is 11. The standard InChI is InChI=1S/C58H37NS/c1-3-17-38(18-4-1)56-51-29-12-10-26-47(51)48-34-33-43(37-53(48)57(56)39-19-5-2-6-20-39)59(54-36-41-21-7-8-24-44(41)46-25-9-11-27-49(46)54)42-23-15-22-40(35-42)45-30-16-31-52-50-28-13-14-32-55(50)60-58(45)52/h1-37H. The average Bonchev–Trinajstić information content (AvgIpc) is 3.71. The summed E-state index contributed by atoms with van der Waals surface area (Å²) >= 11 is 1.88. The van der Waals surface area contributed by atoms with Gasteiger partial charge in [0.25, 0.3) is 0 Å². The molecule has 280 valence electrons. The lowest BCUT2D eigenvalue weighted by atomic mass is 9.85. The molecule has 0 spiro atoms. The third-order valence-electron chi connectivity index (χ3n) is 12.2. The van der Waals surface area contributed by atoms with Crippen LogP contribution in [0.15, 0.2) is 224 Å². The first-order chi connectivity index (χ1) is 29.8. The number of thiophene rings is 1. The van der Waals surface area contributed by atoms with Crippen molar-refractivity contribution >= 4 is 91.7 Å². The van der Waals surface area contributed by atoms with Crippen LogP contribution in [0, 0.1) is 0 Å². The third-order valence-corrected chi connectivity index (χ3v) is 13.4. The molecular weight excluding hydrogens is 743 g/mol. The Balaban J connectivity index is 1.17. The van der Waals surface area contributed by atoms with Crippen molar-refractivity contribution in [1.29, 1.82) is 0 Å². The summed E-state index contributed by atoms with van der Waals surface area (Å²) in [7, 11) is 0. The molecule has 0 bridgehead atoms. The third kappa shape index (κ3) is 5.53. The van der Waals surface area contributed by atoms with Gasteiger partial charge in [-0.05, 0) is 107 Å². The average molecular weight is 780 g/mol. The predicted octanol–water partition coefficient (Wildman–Crippen LogP) is 17.1. The summed E-state index contributed by atoms with van der Waals surface area (Å²) in [6, 6.07) is 82.6. The Labute approximate surface area is 352 Å². The highest BCUT2D eigenvalue weighted by molar-refractivity contribution is 7.26. The number of fused-ring (bicyclic) bond motifs is 9. The molecule has 1 nitrogen and oxygen atoms in total. The zero-order valence-corrected chi connectivity index (χ0v) is 33.5. The van der Waals surface area contributed by atoms with Crippen LogP contribution in [-0.2, 0) is 0 Å². The summed E-state index contributed by atoms with van der Waals surface area (Å²) in [6.07, 6.45) is 0. The van der Waals surface area contributed by atoms with E-state index < -0.39 is 0 Å². The minimum Gasteiger partial charge on any atom is -0.310 e. The van der Waals surface area contributed by atoms with Crippen LogP contribution in [-0.4, -0.2) is 0 Å². The van der Waals surface area contributed by atoms with Crippen molar-refractivity contribution in [3.05, 3.63) is 224 Å². The molecule has 0 saturated heterocycles. The molecule has 0 aliphatic heterocycles. The molecule has 0 fully saturated rings. The van der Waals surface area contributed by atoms with Gasteiger partial charge in [0, 0.05) is 36.9 Å². The van der Waals surface area contributed by atoms with Gasteiger partial charge < -0.3 is 4.90 Å². The fraction of sp³-hybridized carbons (Fsp3) is 0. The van der Waals surface area contributed by atoms with Gasteiger partial charge in [0.2, 0.25) is 0 Å². The van der Waals surface area contributed by atoms with E-state index in [-0.39, 0.29) is 0 Å². The molecule has 11 aromatic carbocycles. The van der Waals surface area contributed by atoms with Gasteiger partial charge in [-0.3, -0.25) is 0 Å². The maximum Gasteiger partial charge on any atom is 0.0546 e. The predicted molar refractivity (Wildman–Crippen MR) is 260 cm³/mol. The smallest absolute Gasteiger partial charge is 0.0546 e. The van der Waals surface area contributed by atoms with Gasteiger partial charge in [-0.2, -0.15) is 0 Å². The van der Waals surface area contributed by atoms with Crippen LogP contribution in [0.5, 0.6) is 0 Å². The van der Waals surface area contributed by atoms with Crippen LogP contribution in [0.2, 0.25) is 0 Å². The molecule has 0 aliphatic rings. The second-order valence-electron chi connectivity index (χ2n) is 15.6. The Bertz CT molecular complexity index is 3600. The Hall–Kier alpha value is -7.52. The highest BCUT2D eigenvalue weighted by Crippen LogP contribution is 2.49. The lowest BCUT2D eigenvalue weighted by Gasteiger charge is -2.29. The molecular formula is C58H37NS. The van der Waals surface area contributed by atoms with Gasteiger partial charge in [-0.15, -0.1) is 11.3 Å². The van der Waals surface area contributed by atoms with E-state index in [2.05, 4.69) is 229 Å². The number of hydrogen-bond acceptors (Lipinski definition) is 2. The van der Waals surface area contributed by atoms with Crippen molar-refractivity contribution in [2.75, 3.05) is 4.90 Å². The summed E-state index contributed by atoms with van der Waals surface area (Å²) in [5.41, 5.74) is 10.7. The Morgan fingerprint density at radius 1 is 0.300 bits per heavy atom. The summed E-state index contributed by atoms with van der Waals surface area (Å²) in [5.74, 6) is 0. The maximum atomic E-state index is 2.49. The zero-order valence-electron chi connectivity index (χ0n) is 32.7. The minimum atomic E-state index is 1.10. The van der Waals surface area contributed by atoms with E-state index in [0.29, 0.717) is 0 Å². The molecule has 0 saturated carbocycles. The topological polar surface area (TPSA) is 3.24 Å². The lowest BCUT2D eigenvalue weighted by molar-refractivity contribution is 1.31. The highest BCUT2D eigenvalue weighted by Gasteiger charge is 2.22. The molecule has 0 aliphatic carbocycles. The van der Waals surface area contributed by atoms with Crippen LogP contribution < -0.4 is 4.90 Å². The Morgan fingerprint density at radius 2 is 0.833 bits per heavy atom. The summed E-state index contributed by atoms with van der Waals surface area (Å²) in [4.78, 5) is 2.49. The second-order valence-corrected chi connectivity index (χ2v) is 16.6. The van der Waals surface area contributed by atoms with Crippen molar-refractivity contribution < 1.29 is 0 Å². The largest absolute Gasteiger partial charge is 0.310 e. The molecule has 0 unspecified atom stereocenters. The second kappa shape index (κ2) is 14.1. The van der Waals surface area contributed by atoms with Gasteiger partial charge >= 0.3 is 0 Å². The van der Waals surface area contributed by atoms with E-state index in [4.69, 9.17) is 0 Å². The van der Waals surface area contributed by atoms with Gasteiger partial charge in [0.05, 0.1) is 5.69 Å². The SMILES string of the molecule is c1ccc(-c2c(-c3ccccc3)c3cc(N(c4cccc(-c5cccc6c5sc5ccccc56)c4)c4cc5ccccc5c5ccccc45)ccc3c3ccccc23)cc1. The van der Waals surface area contributed by atoms with Gasteiger partial charge in [0.15, 0.2) is 0 Å². The van der Waals surface area contributed by atoms with Crippen LogP contribution in [0.25, 0.3) is 96.6 Å². The van der Waals surface area contributed by atoms with Gasteiger partial charge in [0.1, 0.15) is 0 Å². The van der Waals surface area contributed by atoms with Crippen LogP contribution in [0.3, 0.4) is 0 Å². The number of rotatable bonds is 6. The fourth-order valence-electron chi connectivity index (χ4n) is 9.56.